The SMILES string of the molecule is CCOc1ccccc1-c1ccc(NC(=O)O)cc1[N+](=O)[O-]. The molecule has 22 heavy (non-hydrogen) atoms. The van der Waals surface area contributed by atoms with Gasteiger partial charge in [-0.25, -0.2) is 4.79 Å². The van der Waals surface area contributed by atoms with E-state index >= 15 is 0 Å². The molecule has 0 bridgehead atoms. The molecule has 2 rings (SSSR count). The highest BCUT2D eigenvalue weighted by atomic mass is 16.6. The van der Waals surface area contributed by atoms with Gasteiger partial charge in [0, 0.05) is 11.6 Å². The summed E-state index contributed by atoms with van der Waals surface area (Å²) >= 11 is 0. The summed E-state index contributed by atoms with van der Waals surface area (Å²) in [4.78, 5) is 21.4. The van der Waals surface area contributed by atoms with E-state index in [0.717, 1.165) is 0 Å². The summed E-state index contributed by atoms with van der Waals surface area (Å²) in [5.74, 6) is 0.534. The molecule has 7 nitrogen and oxygen atoms in total. The van der Waals surface area contributed by atoms with Crippen molar-refractivity contribution in [2.45, 2.75) is 6.92 Å². The second kappa shape index (κ2) is 6.57. The van der Waals surface area contributed by atoms with Crippen LogP contribution in [0, 0.1) is 10.1 Å². The third kappa shape index (κ3) is 3.32. The van der Waals surface area contributed by atoms with E-state index < -0.39 is 11.0 Å². The van der Waals surface area contributed by atoms with Crippen LogP contribution >= 0.6 is 0 Å². The smallest absolute Gasteiger partial charge is 0.409 e. The minimum Gasteiger partial charge on any atom is -0.493 e. The summed E-state index contributed by atoms with van der Waals surface area (Å²) in [6.45, 7) is 2.26. The van der Waals surface area contributed by atoms with Gasteiger partial charge in [-0.05, 0) is 25.1 Å². The van der Waals surface area contributed by atoms with E-state index in [4.69, 9.17) is 9.84 Å². The molecule has 0 aliphatic rings. The molecular formula is C15H14N2O5. The largest absolute Gasteiger partial charge is 0.493 e. The van der Waals surface area contributed by atoms with Gasteiger partial charge in [0.25, 0.3) is 5.69 Å². The number of ether oxygens (including phenoxy) is 1. The molecule has 0 heterocycles. The number of anilines is 1. The van der Waals surface area contributed by atoms with E-state index in [-0.39, 0.29) is 11.4 Å². The predicted molar refractivity (Wildman–Crippen MR) is 81.3 cm³/mol. The molecule has 0 aliphatic carbocycles. The van der Waals surface area contributed by atoms with Crippen LogP contribution in [0.15, 0.2) is 42.5 Å². The van der Waals surface area contributed by atoms with Gasteiger partial charge >= 0.3 is 6.09 Å². The summed E-state index contributed by atoms with van der Waals surface area (Å²) in [7, 11) is 0. The molecule has 0 radical (unpaired) electrons. The van der Waals surface area contributed by atoms with Crippen LogP contribution in [0.25, 0.3) is 11.1 Å². The Balaban J connectivity index is 2.55. The van der Waals surface area contributed by atoms with Crippen molar-refractivity contribution in [2.75, 3.05) is 11.9 Å². The Kier molecular flexibility index (Phi) is 4.57. The van der Waals surface area contributed by atoms with Crippen LogP contribution in [0.1, 0.15) is 6.92 Å². The van der Waals surface area contributed by atoms with Crippen molar-refractivity contribution in [3.8, 4) is 16.9 Å². The number of carbonyl (C=O) groups is 1. The second-order valence-electron chi connectivity index (χ2n) is 4.35. The van der Waals surface area contributed by atoms with Gasteiger partial charge in [0.1, 0.15) is 5.75 Å². The first-order valence-electron chi connectivity index (χ1n) is 6.53. The van der Waals surface area contributed by atoms with Crippen LogP contribution in [0.5, 0.6) is 5.75 Å². The number of amides is 1. The number of nitro groups is 1. The van der Waals surface area contributed by atoms with Gasteiger partial charge in [0.05, 0.1) is 22.8 Å². The number of rotatable bonds is 5. The van der Waals surface area contributed by atoms with Crippen LogP contribution in [0.2, 0.25) is 0 Å². The summed E-state index contributed by atoms with van der Waals surface area (Å²) in [6, 6.07) is 11.1. The minimum atomic E-state index is -1.28. The molecule has 0 unspecified atom stereocenters. The first-order chi connectivity index (χ1) is 10.5. The molecule has 0 saturated carbocycles. The maximum absolute atomic E-state index is 11.3. The standard InChI is InChI=1S/C15H14N2O5/c1-2-22-14-6-4-3-5-12(14)11-8-7-10(16-15(18)19)9-13(11)17(20)21/h3-9,16H,2H2,1H3,(H,18,19). The lowest BCUT2D eigenvalue weighted by Crippen LogP contribution is -2.07. The lowest BCUT2D eigenvalue weighted by atomic mass is 10.0. The van der Waals surface area contributed by atoms with Crippen molar-refractivity contribution in [1.82, 2.24) is 0 Å². The van der Waals surface area contributed by atoms with E-state index in [9.17, 15) is 14.9 Å². The van der Waals surface area contributed by atoms with Crippen LogP contribution in [0.3, 0.4) is 0 Å². The third-order valence-electron chi connectivity index (χ3n) is 2.92. The highest BCUT2D eigenvalue weighted by Gasteiger charge is 2.19. The van der Waals surface area contributed by atoms with Gasteiger partial charge in [-0.1, -0.05) is 18.2 Å². The summed E-state index contributed by atoms with van der Waals surface area (Å²) in [5.41, 5.74) is 0.887. The summed E-state index contributed by atoms with van der Waals surface area (Å²) < 4.78 is 5.49. The second-order valence-corrected chi connectivity index (χ2v) is 4.35. The number of hydrogen-bond donors (Lipinski definition) is 2. The molecular weight excluding hydrogens is 288 g/mol. The lowest BCUT2D eigenvalue weighted by Gasteiger charge is -2.11. The molecule has 0 spiro atoms. The monoisotopic (exact) mass is 302 g/mol. The van der Waals surface area contributed by atoms with Gasteiger partial charge in [-0.2, -0.15) is 0 Å². The molecule has 1 amide bonds. The van der Waals surface area contributed by atoms with Crippen LogP contribution in [-0.4, -0.2) is 22.7 Å². The molecule has 0 aromatic heterocycles. The Bertz CT molecular complexity index is 715. The lowest BCUT2D eigenvalue weighted by molar-refractivity contribution is -0.384. The highest BCUT2D eigenvalue weighted by Crippen LogP contribution is 2.37. The zero-order chi connectivity index (χ0) is 16.1. The fraction of sp³-hybridized carbons (Fsp3) is 0.133. The Morgan fingerprint density at radius 1 is 1.27 bits per heavy atom. The molecule has 2 aromatic carbocycles. The van der Waals surface area contributed by atoms with Crippen LogP contribution < -0.4 is 10.1 Å². The fourth-order valence-electron chi connectivity index (χ4n) is 2.08. The Labute approximate surface area is 126 Å². The number of carboxylic acid groups (broad SMARTS) is 1. The van der Waals surface area contributed by atoms with Crippen molar-refractivity contribution >= 4 is 17.5 Å². The summed E-state index contributed by atoms with van der Waals surface area (Å²) in [6.07, 6.45) is -1.28. The van der Waals surface area contributed by atoms with E-state index in [1.54, 1.807) is 24.3 Å². The van der Waals surface area contributed by atoms with Crippen molar-refractivity contribution < 1.29 is 19.6 Å². The number of para-hydroxylation sites is 1. The zero-order valence-electron chi connectivity index (χ0n) is 11.8. The minimum absolute atomic E-state index is 0.136. The number of nitrogens with zero attached hydrogens (tertiary/aromatic N) is 1. The molecule has 0 saturated heterocycles. The Hall–Kier alpha value is -3.09. The number of hydrogen-bond acceptors (Lipinski definition) is 4. The van der Waals surface area contributed by atoms with Gasteiger partial charge in [0.2, 0.25) is 0 Å². The first kappa shape index (κ1) is 15.3. The van der Waals surface area contributed by atoms with Crippen molar-refractivity contribution in [2.24, 2.45) is 0 Å². The van der Waals surface area contributed by atoms with Gasteiger partial charge in [0.15, 0.2) is 0 Å². The zero-order valence-corrected chi connectivity index (χ0v) is 11.8. The van der Waals surface area contributed by atoms with E-state index in [1.807, 2.05) is 6.92 Å². The number of nitro benzene ring substituents is 1. The van der Waals surface area contributed by atoms with Gasteiger partial charge in [-0.15, -0.1) is 0 Å². The molecule has 0 aliphatic heterocycles. The van der Waals surface area contributed by atoms with Crippen LogP contribution in [-0.2, 0) is 0 Å². The molecule has 114 valence electrons. The predicted octanol–water partition coefficient (Wildman–Crippen LogP) is 3.75. The average Bonchev–Trinajstić information content (AvgIpc) is 2.47. The number of nitrogens with one attached hydrogen (secondary N) is 1. The Morgan fingerprint density at radius 3 is 2.64 bits per heavy atom. The van der Waals surface area contributed by atoms with Gasteiger partial charge in [-0.3, -0.25) is 15.4 Å². The molecule has 2 aromatic rings. The molecule has 0 fully saturated rings. The first-order valence-corrected chi connectivity index (χ1v) is 6.53. The van der Waals surface area contributed by atoms with E-state index in [2.05, 4.69) is 5.32 Å². The number of benzene rings is 2. The fourth-order valence-corrected chi connectivity index (χ4v) is 2.08. The third-order valence-corrected chi connectivity index (χ3v) is 2.92. The van der Waals surface area contributed by atoms with Crippen molar-refractivity contribution in [3.05, 3.63) is 52.6 Å². The normalized spacial score (nSPS) is 10.0. The van der Waals surface area contributed by atoms with Crippen LogP contribution in [0.4, 0.5) is 16.2 Å². The Morgan fingerprint density at radius 2 is 2.00 bits per heavy atom. The topological polar surface area (TPSA) is 102 Å². The maximum atomic E-state index is 11.3. The van der Waals surface area contributed by atoms with Crippen molar-refractivity contribution in [3.63, 3.8) is 0 Å². The van der Waals surface area contributed by atoms with E-state index in [0.29, 0.717) is 23.5 Å². The maximum Gasteiger partial charge on any atom is 0.409 e. The van der Waals surface area contributed by atoms with Crippen molar-refractivity contribution in [1.29, 1.82) is 0 Å². The quantitative estimate of drug-likeness (QED) is 0.647. The molecule has 7 heteroatoms. The highest BCUT2D eigenvalue weighted by molar-refractivity contribution is 5.86. The van der Waals surface area contributed by atoms with E-state index in [1.165, 1.54) is 18.2 Å². The average molecular weight is 302 g/mol. The molecule has 2 N–H and O–H groups in total. The van der Waals surface area contributed by atoms with Gasteiger partial charge < -0.3 is 9.84 Å². The molecule has 0 atom stereocenters. The summed E-state index contributed by atoms with van der Waals surface area (Å²) in [5, 5.41) is 22.1.